The van der Waals surface area contributed by atoms with E-state index in [1.165, 1.54) is 12.1 Å². The lowest BCUT2D eigenvalue weighted by Gasteiger charge is -2.32. The van der Waals surface area contributed by atoms with Crippen LogP contribution in [-0.4, -0.2) is 43.8 Å². The number of aryl methyl sites for hydroxylation is 1. The minimum Gasteiger partial charge on any atom is -0.497 e. The second-order valence-corrected chi connectivity index (χ2v) is 11.7. The molecular weight excluding hydrogens is 564 g/mol. The Morgan fingerprint density at radius 2 is 1.58 bits per heavy atom. The molecule has 0 aliphatic heterocycles. The summed E-state index contributed by atoms with van der Waals surface area (Å²) in [5.74, 6) is 0.162. The van der Waals surface area contributed by atoms with E-state index < -0.39 is 16.1 Å². The average Bonchev–Trinajstić information content (AvgIpc) is 3.04. The number of pyridine rings is 1. The van der Waals surface area contributed by atoms with Gasteiger partial charge in [-0.3, -0.25) is 14.6 Å². The van der Waals surface area contributed by atoms with Gasteiger partial charge in [0.15, 0.2) is 0 Å². The van der Waals surface area contributed by atoms with Gasteiger partial charge in [0.25, 0.3) is 0 Å². The Labute approximate surface area is 253 Å². The van der Waals surface area contributed by atoms with Crippen molar-refractivity contribution in [3.05, 3.63) is 126 Å². The van der Waals surface area contributed by atoms with E-state index >= 15 is 0 Å². The van der Waals surface area contributed by atoms with Gasteiger partial charge in [-0.15, -0.1) is 0 Å². The first-order valence-corrected chi connectivity index (χ1v) is 15.5. The molecule has 3 aromatic carbocycles. The van der Waals surface area contributed by atoms with Gasteiger partial charge in [0, 0.05) is 38.4 Å². The van der Waals surface area contributed by atoms with Crippen molar-refractivity contribution in [3.63, 3.8) is 0 Å². The van der Waals surface area contributed by atoms with Crippen LogP contribution in [0.4, 0.5) is 0 Å². The summed E-state index contributed by atoms with van der Waals surface area (Å²) in [7, 11) is -1.98. The summed E-state index contributed by atoms with van der Waals surface area (Å²) in [6.07, 6.45) is 3.85. The van der Waals surface area contributed by atoms with Crippen LogP contribution in [0.5, 0.6) is 5.75 Å². The molecule has 0 bridgehead atoms. The normalized spacial score (nSPS) is 11.9. The molecule has 0 spiro atoms. The number of ether oxygens (including phenoxy) is 1. The predicted octanol–water partition coefficient (Wildman–Crippen LogP) is 4.41. The largest absolute Gasteiger partial charge is 0.497 e. The quantitative estimate of drug-likeness (QED) is 0.222. The first kappa shape index (κ1) is 31.4. The number of carbonyl (C=O) groups is 2. The molecule has 4 aromatic rings. The van der Waals surface area contributed by atoms with Crippen molar-refractivity contribution in [2.24, 2.45) is 0 Å². The molecule has 0 radical (unpaired) electrons. The predicted molar refractivity (Wildman–Crippen MR) is 164 cm³/mol. The Bertz CT molecular complexity index is 1580. The number of hydrogen-bond acceptors (Lipinski definition) is 6. The van der Waals surface area contributed by atoms with Crippen LogP contribution in [0.25, 0.3) is 0 Å². The Kier molecular flexibility index (Phi) is 11.0. The highest BCUT2D eigenvalue weighted by atomic mass is 32.2. The lowest BCUT2D eigenvalue weighted by molar-refractivity contribution is -0.141. The standard InChI is InChI=1S/C33H36N4O5S/c1-3-36-43(40,41)30-18-13-25(14-19-30)15-20-31(38)37(24-26-11-16-29(42-2)17-12-26)32(28-9-5-4-6-10-28)33(39)35-23-27-8-7-21-34-22-27/h4-14,16-19,21-22,32,36H,3,15,20,23-24H2,1-2H3,(H,35,39)/t32-/m0/s1. The third-order valence-electron chi connectivity index (χ3n) is 6.89. The maximum atomic E-state index is 14.0. The maximum Gasteiger partial charge on any atom is 0.247 e. The summed E-state index contributed by atoms with van der Waals surface area (Å²) in [5.41, 5.74) is 3.18. The molecule has 10 heteroatoms. The first-order chi connectivity index (χ1) is 20.8. The number of amides is 2. The van der Waals surface area contributed by atoms with E-state index in [0.29, 0.717) is 24.3 Å². The molecule has 1 atom stereocenters. The number of aromatic nitrogens is 1. The zero-order valence-electron chi connectivity index (χ0n) is 24.3. The van der Waals surface area contributed by atoms with Gasteiger partial charge < -0.3 is 15.0 Å². The molecule has 43 heavy (non-hydrogen) atoms. The molecule has 1 aromatic heterocycles. The van der Waals surface area contributed by atoms with Crippen molar-refractivity contribution in [1.29, 1.82) is 0 Å². The van der Waals surface area contributed by atoms with E-state index in [-0.39, 0.29) is 36.2 Å². The lowest BCUT2D eigenvalue weighted by atomic mass is 10.0. The smallest absolute Gasteiger partial charge is 0.247 e. The number of methoxy groups -OCH3 is 1. The highest BCUT2D eigenvalue weighted by Crippen LogP contribution is 2.26. The van der Waals surface area contributed by atoms with Gasteiger partial charge in [0.2, 0.25) is 21.8 Å². The van der Waals surface area contributed by atoms with Crippen LogP contribution in [0, 0.1) is 0 Å². The molecule has 2 amide bonds. The number of hydrogen-bond donors (Lipinski definition) is 2. The van der Waals surface area contributed by atoms with E-state index in [4.69, 9.17) is 4.74 Å². The van der Waals surface area contributed by atoms with E-state index in [0.717, 1.165) is 16.7 Å². The number of nitrogens with one attached hydrogen (secondary N) is 2. The van der Waals surface area contributed by atoms with Crippen LogP contribution >= 0.6 is 0 Å². The zero-order valence-corrected chi connectivity index (χ0v) is 25.1. The summed E-state index contributed by atoms with van der Waals surface area (Å²) >= 11 is 0. The van der Waals surface area contributed by atoms with E-state index in [1.807, 2.05) is 60.7 Å². The van der Waals surface area contributed by atoms with Crippen LogP contribution in [0.3, 0.4) is 0 Å². The molecule has 0 aliphatic rings. The Balaban J connectivity index is 1.60. The van der Waals surface area contributed by atoms with Crippen LogP contribution in [0.1, 0.15) is 41.6 Å². The van der Waals surface area contributed by atoms with Gasteiger partial charge in [0.1, 0.15) is 11.8 Å². The highest BCUT2D eigenvalue weighted by Gasteiger charge is 2.31. The van der Waals surface area contributed by atoms with Crippen molar-refractivity contribution in [1.82, 2.24) is 19.9 Å². The molecular formula is C33H36N4O5S. The van der Waals surface area contributed by atoms with Crippen LogP contribution in [-0.2, 0) is 39.1 Å². The van der Waals surface area contributed by atoms with Crippen molar-refractivity contribution < 1.29 is 22.7 Å². The van der Waals surface area contributed by atoms with E-state index in [9.17, 15) is 18.0 Å². The van der Waals surface area contributed by atoms with E-state index in [2.05, 4.69) is 15.0 Å². The zero-order chi connectivity index (χ0) is 30.7. The minimum absolute atomic E-state index is 0.120. The average molecular weight is 601 g/mol. The highest BCUT2D eigenvalue weighted by molar-refractivity contribution is 7.89. The Morgan fingerprint density at radius 1 is 0.884 bits per heavy atom. The SMILES string of the molecule is CCNS(=O)(=O)c1ccc(CCC(=O)N(Cc2ccc(OC)cc2)[C@H](C(=O)NCc2cccnc2)c2ccccc2)cc1. The number of benzene rings is 3. The summed E-state index contributed by atoms with van der Waals surface area (Å²) in [4.78, 5) is 33.6. The van der Waals surface area contributed by atoms with Crippen molar-refractivity contribution in [3.8, 4) is 5.75 Å². The summed E-state index contributed by atoms with van der Waals surface area (Å²) in [5, 5.41) is 2.99. The second-order valence-electron chi connectivity index (χ2n) is 9.91. The molecule has 0 saturated carbocycles. The summed E-state index contributed by atoms with van der Waals surface area (Å²) in [6, 6.07) is 25.9. The van der Waals surface area contributed by atoms with Crippen molar-refractivity contribution in [2.75, 3.05) is 13.7 Å². The monoisotopic (exact) mass is 600 g/mol. The van der Waals surface area contributed by atoms with Crippen molar-refractivity contribution >= 4 is 21.8 Å². The Hall–Kier alpha value is -4.54. The third-order valence-corrected chi connectivity index (χ3v) is 8.45. The van der Waals surface area contributed by atoms with Crippen LogP contribution in [0.15, 0.2) is 108 Å². The summed E-state index contributed by atoms with van der Waals surface area (Å²) in [6.45, 7) is 2.48. The molecule has 4 rings (SSSR count). The van der Waals surface area contributed by atoms with Gasteiger partial charge in [-0.05, 0) is 59.0 Å². The number of sulfonamides is 1. The fourth-order valence-electron chi connectivity index (χ4n) is 4.65. The molecule has 1 heterocycles. The molecule has 0 saturated heterocycles. The van der Waals surface area contributed by atoms with Gasteiger partial charge in [-0.2, -0.15) is 0 Å². The molecule has 224 valence electrons. The first-order valence-electron chi connectivity index (χ1n) is 14.0. The fourth-order valence-corrected chi connectivity index (χ4v) is 5.69. The van der Waals surface area contributed by atoms with Crippen LogP contribution < -0.4 is 14.8 Å². The number of carbonyl (C=O) groups excluding carboxylic acids is 2. The van der Waals surface area contributed by atoms with Gasteiger partial charge >= 0.3 is 0 Å². The third kappa shape index (κ3) is 8.73. The van der Waals surface area contributed by atoms with Gasteiger partial charge in [0.05, 0.1) is 12.0 Å². The minimum atomic E-state index is -3.57. The molecule has 2 N–H and O–H groups in total. The topological polar surface area (TPSA) is 118 Å². The van der Waals surface area contributed by atoms with Gasteiger partial charge in [-0.25, -0.2) is 13.1 Å². The second kappa shape index (κ2) is 15.1. The molecule has 0 unspecified atom stereocenters. The fraction of sp³-hybridized carbons (Fsp3) is 0.242. The summed E-state index contributed by atoms with van der Waals surface area (Å²) < 4.78 is 32.4. The molecule has 9 nitrogen and oxygen atoms in total. The lowest BCUT2D eigenvalue weighted by Crippen LogP contribution is -2.43. The van der Waals surface area contributed by atoms with Gasteiger partial charge in [-0.1, -0.05) is 67.6 Å². The number of rotatable bonds is 14. The molecule has 0 fully saturated rings. The molecule has 0 aliphatic carbocycles. The van der Waals surface area contributed by atoms with E-state index in [1.54, 1.807) is 49.5 Å². The maximum absolute atomic E-state index is 14.0. The van der Waals surface area contributed by atoms with Crippen molar-refractivity contribution in [2.45, 2.75) is 43.8 Å². The van der Waals surface area contributed by atoms with Crippen LogP contribution in [0.2, 0.25) is 0 Å². The Morgan fingerprint density at radius 3 is 2.21 bits per heavy atom. The number of nitrogens with zero attached hydrogens (tertiary/aromatic N) is 2.